The van der Waals surface area contributed by atoms with Crippen LogP contribution in [0.4, 0.5) is 10.1 Å². The van der Waals surface area contributed by atoms with Gasteiger partial charge < -0.3 is 5.32 Å². The van der Waals surface area contributed by atoms with E-state index in [1.54, 1.807) is 12.1 Å². The van der Waals surface area contributed by atoms with Gasteiger partial charge in [-0.05, 0) is 49.1 Å². The van der Waals surface area contributed by atoms with Gasteiger partial charge in [-0.1, -0.05) is 30.3 Å². The number of halogens is 1. The molecular formula is C17H18FNO. The van der Waals surface area contributed by atoms with Crippen molar-refractivity contribution in [2.75, 3.05) is 5.32 Å². The van der Waals surface area contributed by atoms with Crippen LogP contribution < -0.4 is 5.32 Å². The van der Waals surface area contributed by atoms with Crippen LogP contribution >= 0.6 is 0 Å². The van der Waals surface area contributed by atoms with Crippen molar-refractivity contribution in [2.24, 2.45) is 0 Å². The number of benzene rings is 2. The summed E-state index contributed by atoms with van der Waals surface area (Å²) in [6, 6.07) is 16.1. The Kier molecular flexibility index (Phi) is 5.30. The first kappa shape index (κ1) is 14.3. The molecule has 0 aliphatic rings. The number of hydrogen-bond donors (Lipinski definition) is 1. The number of anilines is 1. The van der Waals surface area contributed by atoms with Gasteiger partial charge in [-0.25, -0.2) is 4.39 Å². The highest BCUT2D eigenvalue weighted by Crippen LogP contribution is 2.10. The summed E-state index contributed by atoms with van der Waals surface area (Å²) in [5, 5.41) is 2.76. The Labute approximate surface area is 118 Å². The van der Waals surface area contributed by atoms with Crippen molar-refractivity contribution in [3.63, 3.8) is 0 Å². The summed E-state index contributed by atoms with van der Waals surface area (Å²) in [5.41, 5.74) is 1.94. The first-order valence-electron chi connectivity index (χ1n) is 6.83. The lowest BCUT2D eigenvalue weighted by Crippen LogP contribution is -2.11. The number of aryl methyl sites for hydroxylation is 1. The standard InChI is InChI=1S/C17H18FNO/c18-15-10-12-16(13-11-15)19-17(20)9-5-4-8-14-6-2-1-3-7-14/h1-3,6-7,10-13H,4-5,8-9H2,(H,19,20). The van der Waals surface area contributed by atoms with Crippen LogP contribution in [-0.2, 0) is 11.2 Å². The van der Waals surface area contributed by atoms with Crippen molar-refractivity contribution in [1.29, 1.82) is 0 Å². The molecule has 0 saturated heterocycles. The third kappa shape index (κ3) is 4.84. The molecule has 0 spiro atoms. The van der Waals surface area contributed by atoms with E-state index in [9.17, 15) is 9.18 Å². The molecule has 2 aromatic rings. The highest BCUT2D eigenvalue weighted by molar-refractivity contribution is 5.90. The molecule has 0 radical (unpaired) electrons. The van der Waals surface area contributed by atoms with E-state index in [-0.39, 0.29) is 11.7 Å². The minimum atomic E-state index is -0.300. The molecular weight excluding hydrogens is 253 g/mol. The van der Waals surface area contributed by atoms with Gasteiger partial charge in [-0.2, -0.15) is 0 Å². The van der Waals surface area contributed by atoms with E-state index < -0.39 is 0 Å². The molecule has 104 valence electrons. The largest absolute Gasteiger partial charge is 0.326 e. The molecule has 0 unspecified atom stereocenters. The third-order valence-corrected chi connectivity index (χ3v) is 3.09. The van der Waals surface area contributed by atoms with E-state index in [0.29, 0.717) is 12.1 Å². The highest BCUT2D eigenvalue weighted by Gasteiger charge is 2.02. The quantitative estimate of drug-likeness (QED) is 0.785. The summed E-state index contributed by atoms with van der Waals surface area (Å²) in [4.78, 5) is 11.7. The van der Waals surface area contributed by atoms with Gasteiger partial charge >= 0.3 is 0 Å². The van der Waals surface area contributed by atoms with E-state index in [2.05, 4.69) is 17.4 Å². The maximum atomic E-state index is 12.7. The molecule has 1 amide bonds. The number of carbonyl (C=O) groups is 1. The Morgan fingerprint density at radius 3 is 2.35 bits per heavy atom. The number of hydrogen-bond acceptors (Lipinski definition) is 1. The molecule has 0 aromatic heterocycles. The average molecular weight is 271 g/mol. The zero-order valence-electron chi connectivity index (χ0n) is 11.3. The number of nitrogens with one attached hydrogen (secondary N) is 1. The molecule has 0 fully saturated rings. The van der Waals surface area contributed by atoms with Crippen LogP contribution in [0.5, 0.6) is 0 Å². The number of carbonyl (C=O) groups excluding carboxylic acids is 1. The van der Waals surface area contributed by atoms with E-state index in [1.807, 2.05) is 18.2 Å². The Morgan fingerprint density at radius 2 is 1.65 bits per heavy atom. The lowest BCUT2D eigenvalue weighted by molar-refractivity contribution is -0.116. The van der Waals surface area contributed by atoms with Crippen LogP contribution in [0.25, 0.3) is 0 Å². The van der Waals surface area contributed by atoms with Crippen molar-refractivity contribution >= 4 is 11.6 Å². The monoisotopic (exact) mass is 271 g/mol. The first-order chi connectivity index (χ1) is 9.74. The van der Waals surface area contributed by atoms with Gasteiger partial charge in [0.1, 0.15) is 5.82 Å². The van der Waals surface area contributed by atoms with Gasteiger partial charge in [-0.3, -0.25) is 4.79 Å². The van der Waals surface area contributed by atoms with Crippen LogP contribution in [0, 0.1) is 5.82 Å². The molecule has 0 atom stereocenters. The SMILES string of the molecule is O=C(CCCCc1ccccc1)Nc1ccc(F)cc1. The van der Waals surface area contributed by atoms with E-state index >= 15 is 0 Å². The van der Waals surface area contributed by atoms with Crippen molar-refractivity contribution < 1.29 is 9.18 Å². The molecule has 0 heterocycles. The minimum Gasteiger partial charge on any atom is -0.326 e. The predicted molar refractivity (Wildman–Crippen MR) is 79.0 cm³/mol. The fraction of sp³-hybridized carbons (Fsp3) is 0.235. The van der Waals surface area contributed by atoms with Crippen LogP contribution in [0.2, 0.25) is 0 Å². The molecule has 0 bridgehead atoms. The molecule has 0 aliphatic carbocycles. The second kappa shape index (κ2) is 7.43. The molecule has 2 rings (SSSR count). The summed E-state index contributed by atoms with van der Waals surface area (Å²) >= 11 is 0. The third-order valence-electron chi connectivity index (χ3n) is 3.09. The summed E-state index contributed by atoms with van der Waals surface area (Å²) in [6.45, 7) is 0. The van der Waals surface area contributed by atoms with Crippen LogP contribution in [-0.4, -0.2) is 5.91 Å². The normalized spacial score (nSPS) is 10.2. The van der Waals surface area contributed by atoms with E-state index in [0.717, 1.165) is 19.3 Å². The number of rotatable bonds is 6. The lowest BCUT2D eigenvalue weighted by atomic mass is 10.1. The summed E-state index contributed by atoms with van der Waals surface area (Å²) in [7, 11) is 0. The van der Waals surface area contributed by atoms with Crippen molar-refractivity contribution in [3.8, 4) is 0 Å². The van der Waals surface area contributed by atoms with Crippen molar-refractivity contribution in [2.45, 2.75) is 25.7 Å². The highest BCUT2D eigenvalue weighted by atomic mass is 19.1. The van der Waals surface area contributed by atoms with Crippen molar-refractivity contribution in [1.82, 2.24) is 0 Å². The van der Waals surface area contributed by atoms with Crippen LogP contribution in [0.15, 0.2) is 54.6 Å². The Morgan fingerprint density at radius 1 is 0.950 bits per heavy atom. The van der Waals surface area contributed by atoms with Gasteiger partial charge in [0.2, 0.25) is 5.91 Å². The van der Waals surface area contributed by atoms with Crippen LogP contribution in [0.1, 0.15) is 24.8 Å². The van der Waals surface area contributed by atoms with Gasteiger partial charge in [0, 0.05) is 12.1 Å². The Hall–Kier alpha value is -2.16. The predicted octanol–water partition coefficient (Wildman–Crippen LogP) is 4.18. The first-order valence-corrected chi connectivity index (χ1v) is 6.83. The smallest absolute Gasteiger partial charge is 0.224 e. The van der Waals surface area contributed by atoms with Gasteiger partial charge in [0.05, 0.1) is 0 Å². The molecule has 20 heavy (non-hydrogen) atoms. The van der Waals surface area contributed by atoms with Gasteiger partial charge in [-0.15, -0.1) is 0 Å². The van der Waals surface area contributed by atoms with Gasteiger partial charge in [0.15, 0.2) is 0 Å². The number of unbranched alkanes of at least 4 members (excludes halogenated alkanes) is 1. The fourth-order valence-corrected chi connectivity index (χ4v) is 2.02. The Balaban J connectivity index is 1.66. The minimum absolute atomic E-state index is 0.0235. The maximum Gasteiger partial charge on any atom is 0.224 e. The molecule has 3 heteroatoms. The maximum absolute atomic E-state index is 12.7. The summed E-state index contributed by atoms with van der Waals surface area (Å²) < 4.78 is 12.7. The molecule has 2 nitrogen and oxygen atoms in total. The molecule has 1 N–H and O–H groups in total. The lowest BCUT2D eigenvalue weighted by Gasteiger charge is -2.05. The van der Waals surface area contributed by atoms with E-state index in [1.165, 1.54) is 17.7 Å². The zero-order chi connectivity index (χ0) is 14.2. The number of amides is 1. The Bertz CT molecular complexity index is 537. The second-order valence-electron chi connectivity index (χ2n) is 4.75. The average Bonchev–Trinajstić information content (AvgIpc) is 2.47. The molecule has 0 saturated carbocycles. The topological polar surface area (TPSA) is 29.1 Å². The summed E-state index contributed by atoms with van der Waals surface area (Å²) in [5.74, 6) is -0.324. The second-order valence-corrected chi connectivity index (χ2v) is 4.75. The van der Waals surface area contributed by atoms with Crippen LogP contribution in [0.3, 0.4) is 0 Å². The fourth-order valence-electron chi connectivity index (χ4n) is 2.02. The summed E-state index contributed by atoms with van der Waals surface area (Å²) in [6.07, 6.45) is 3.32. The van der Waals surface area contributed by atoms with Crippen molar-refractivity contribution in [3.05, 3.63) is 66.0 Å². The van der Waals surface area contributed by atoms with E-state index in [4.69, 9.17) is 0 Å². The molecule has 0 aliphatic heterocycles. The van der Waals surface area contributed by atoms with Gasteiger partial charge in [0.25, 0.3) is 0 Å². The zero-order valence-corrected chi connectivity index (χ0v) is 11.3. The molecule has 2 aromatic carbocycles.